The Bertz CT molecular complexity index is 640. The molecule has 106 valence electrons. The van der Waals surface area contributed by atoms with Gasteiger partial charge in [0.15, 0.2) is 5.58 Å². The lowest BCUT2D eigenvalue weighted by molar-refractivity contribution is -0.384. The number of benzene rings is 1. The highest BCUT2D eigenvalue weighted by molar-refractivity contribution is 5.77. The molecular weight excluding hydrogens is 262 g/mol. The molecule has 1 aromatic carbocycles. The van der Waals surface area contributed by atoms with Gasteiger partial charge in [-0.2, -0.15) is 4.98 Å². The van der Waals surface area contributed by atoms with Gasteiger partial charge >= 0.3 is 0 Å². The number of rotatable bonds is 3. The zero-order chi connectivity index (χ0) is 14.1. The van der Waals surface area contributed by atoms with Crippen LogP contribution in [0.15, 0.2) is 22.6 Å². The van der Waals surface area contributed by atoms with Crippen molar-refractivity contribution in [3.8, 4) is 0 Å². The summed E-state index contributed by atoms with van der Waals surface area (Å²) in [5.74, 6) is 0. The molecule has 20 heavy (non-hydrogen) atoms. The van der Waals surface area contributed by atoms with E-state index in [2.05, 4.69) is 10.3 Å². The van der Waals surface area contributed by atoms with Gasteiger partial charge in [0.05, 0.1) is 11.0 Å². The van der Waals surface area contributed by atoms with E-state index in [1.54, 1.807) is 6.07 Å². The number of fused-ring (bicyclic) bond motifs is 1. The Kier molecular flexibility index (Phi) is 3.27. The van der Waals surface area contributed by atoms with Gasteiger partial charge in [-0.3, -0.25) is 10.1 Å². The number of hydrogen-bond donors (Lipinski definition) is 1. The number of non-ortho nitro benzene ring substituents is 1. The van der Waals surface area contributed by atoms with Crippen molar-refractivity contribution in [3.05, 3.63) is 28.3 Å². The summed E-state index contributed by atoms with van der Waals surface area (Å²) in [6.45, 7) is 2.74. The van der Waals surface area contributed by atoms with Gasteiger partial charge in [-0.1, -0.05) is 0 Å². The normalized spacial score (nSPS) is 22.9. The molecule has 1 aliphatic rings. The molecule has 2 aromatic rings. The van der Waals surface area contributed by atoms with Gasteiger partial charge in [0.2, 0.25) is 0 Å². The van der Waals surface area contributed by atoms with Crippen LogP contribution < -0.4 is 5.32 Å². The Labute approximate surface area is 115 Å². The number of nitrogens with one attached hydrogen (secondary N) is 1. The van der Waals surface area contributed by atoms with E-state index in [4.69, 9.17) is 9.15 Å². The Hall–Kier alpha value is -2.15. The molecule has 0 radical (unpaired) electrons. The smallest absolute Gasteiger partial charge is 0.295 e. The summed E-state index contributed by atoms with van der Waals surface area (Å²) < 4.78 is 11.0. The van der Waals surface area contributed by atoms with Crippen LogP contribution in [-0.2, 0) is 4.74 Å². The van der Waals surface area contributed by atoms with Crippen LogP contribution >= 0.6 is 0 Å². The monoisotopic (exact) mass is 277 g/mol. The summed E-state index contributed by atoms with van der Waals surface area (Å²) in [6, 6.07) is 5.05. The molecule has 0 saturated carbocycles. The minimum atomic E-state index is -0.443. The standard InChI is InChI=1S/C13H15N3O4/c1-8-6-9(4-5-19-8)14-13-15-11-7-10(16(17)18)2-3-12(11)20-13/h2-3,7-9H,4-6H2,1H3,(H,14,15). The van der Waals surface area contributed by atoms with Gasteiger partial charge in [0.25, 0.3) is 11.7 Å². The van der Waals surface area contributed by atoms with E-state index in [1.807, 2.05) is 6.92 Å². The number of anilines is 1. The molecule has 1 fully saturated rings. The molecule has 0 amide bonds. The Morgan fingerprint density at radius 2 is 2.35 bits per heavy atom. The molecule has 7 nitrogen and oxygen atoms in total. The summed E-state index contributed by atoms with van der Waals surface area (Å²) in [7, 11) is 0. The average molecular weight is 277 g/mol. The third-order valence-corrected chi connectivity index (χ3v) is 3.39. The maximum atomic E-state index is 10.7. The van der Waals surface area contributed by atoms with Gasteiger partial charge in [-0.25, -0.2) is 0 Å². The highest BCUT2D eigenvalue weighted by atomic mass is 16.6. The molecule has 0 spiro atoms. The van der Waals surface area contributed by atoms with E-state index in [1.165, 1.54) is 12.1 Å². The van der Waals surface area contributed by atoms with Crippen molar-refractivity contribution in [2.75, 3.05) is 11.9 Å². The van der Waals surface area contributed by atoms with Crippen LogP contribution in [-0.4, -0.2) is 28.7 Å². The van der Waals surface area contributed by atoms with Crippen molar-refractivity contribution in [1.82, 2.24) is 4.98 Å². The molecule has 3 rings (SSSR count). The molecule has 2 unspecified atom stereocenters. The summed E-state index contributed by atoms with van der Waals surface area (Å²) >= 11 is 0. The van der Waals surface area contributed by atoms with Gasteiger partial charge < -0.3 is 14.5 Å². The summed E-state index contributed by atoms with van der Waals surface area (Å²) in [6.07, 6.45) is 1.99. The highest BCUT2D eigenvalue weighted by Crippen LogP contribution is 2.25. The first-order chi connectivity index (χ1) is 9.61. The molecule has 1 aliphatic heterocycles. The first kappa shape index (κ1) is 12.9. The lowest BCUT2D eigenvalue weighted by Crippen LogP contribution is -2.32. The molecule has 7 heteroatoms. The number of ether oxygens (including phenoxy) is 1. The van der Waals surface area contributed by atoms with Crippen molar-refractivity contribution in [1.29, 1.82) is 0 Å². The third-order valence-electron chi connectivity index (χ3n) is 3.39. The lowest BCUT2D eigenvalue weighted by atomic mass is 10.1. The van der Waals surface area contributed by atoms with Gasteiger partial charge in [-0.05, 0) is 25.8 Å². The average Bonchev–Trinajstić information content (AvgIpc) is 2.79. The molecular formula is C13H15N3O4. The van der Waals surface area contributed by atoms with E-state index in [-0.39, 0.29) is 17.8 Å². The predicted molar refractivity (Wildman–Crippen MR) is 72.7 cm³/mol. The minimum Gasteiger partial charge on any atom is -0.424 e. The third kappa shape index (κ3) is 2.57. The number of aromatic nitrogens is 1. The molecule has 1 saturated heterocycles. The Balaban J connectivity index is 1.80. The van der Waals surface area contributed by atoms with Gasteiger partial charge in [0, 0.05) is 24.8 Å². The van der Waals surface area contributed by atoms with Crippen LogP contribution in [0.5, 0.6) is 0 Å². The number of nitro groups is 1. The molecule has 1 aromatic heterocycles. The lowest BCUT2D eigenvalue weighted by Gasteiger charge is -2.27. The number of oxazole rings is 1. The zero-order valence-electron chi connectivity index (χ0n) is 11.0. The Morgan fingerprint density at radius 3 is 3.10 bits per heavy atom. The number of nitro benzene ring substituents is 1. The molecule has 0 bridgehead atoms. The van der Waals surface area contributed by atoms with Crippen molar-refractivity contribution in [3.63, 3.8) is 0 Å². The predicted octanol–water partition coefficient (Wildman–Crippen LogP) is 2.72. The van der Waals surface area contributed by atoms with Gasteiger partial charge in [-0.15, -0.1) is 0 Å². The van der Waals surface area contributed by atoms with Crippen LogP contribution in [0.4, 0.5) is 11.7 Å². The SMILES string of the molecule is CC1CC(Nc2nc3cc([N+](=O)[O-])ccc3o2)CCO1. The fourth-order valence-corrected chi connectivity index (χ4v) is 2.39. The van der Waals surface area contributed by atoms with E-state index in [0.29, 0.717) is 23.7 Å². The molecule has 2 heterocycles. The summed E-state index contributed by atoms with van der Waals surface area (Å²) in [5.41, 5.74) is 1.04. The fraction of sp³-hybridized carbons (Fsp3) is 0.462. The van der Waals surface area contributed by atoms with Crippen molar-refractivity contribution >= 4 is 22.8 Å². The van der Waals surface area contributed by atoms with Crippen molar-refractivity contribution < 1.29 is 14.1 Å². The maximum Gasteiger partial charge on any atom is 0.295 e. The van der Waals surface area contributed by atoms with Crippen molar-refractivity contribution in [2.24, 2.45) is 0 Å². The number of hydrogen-bond acceptors (Lipinski definition) is 6. The first-order valence-corrected chi connectivity index (χ1v) is 6.55. The van der Waals surface area contributed by atoms with E-state index >= 15 is 0 Å². The van der Waals surface area contributed by atoms with Crippen molar-refractivity contribution in [2.45, 2.75) is 31.9 Å². The minimum absolute atomic E-state index is 0.0111. The zero-order valence-corrected chi connectivity index (χ0v) is 11.0. The van der Waals surface area contributed by atoms with Crippen LogP contribution in [0, 0.1) is 10.1 Å². The van der Waals surface area contributed by atoms with E-state index in [9.17, 15) is 10.1 Å². The largest absolute Gasteiger partial charge is 0.424 e. The van der Waals surface area contributed by atoms with E-state index < -0.39 is 4.92 Å². The maximum absolute atomic E-state index is 10.7. The quantitative estimate of drug-likeness (QED) is 0.685. The molecule has 1 N–H and O–H groups in total. The second-order valence-corrected chi connectivity index (χ2v) is 4.98. The van der Waals surface area contributed by atoms with Crippen LogP contribution in [0.2, 0.25) is 0 Å². The highest BCUT2D eigenvalue weighted by Gasteiger charge is 2.21. The number of nitrogens with zero attached hydrogens (tertiary/aromatic N) is 2. The van der Waals surface area contributed by atoms with Crippen LogP contribution in [0.25, 0.3) is 11.1 Å². The second kappa shape index (κ2) is 5.09. The van der Waals surface area contributed by atoms with E-state index in [0.717, 1.165) is 12.8 Å². The Morgan fingerprint density at radius 1 is 1.50 bits per heavy atom. The first-order valence-electron chi connectivity index (χ1n) is 6.55. The summed E-state index contributed by atoms with van der Waals surface area (Å²) in [5, 5.41) is 13.9. The van der Waals surface area contributed by atoms with Gasteiger partial charge in [0.1, 0.15) is 5.52 Å². The van der Waals surface area contributed by atoms with Crippen LogP contribution in [0.1, 0.15) is 19.8 Å². The second-order valence-electron chi connectivity index (χ2n) is 4.98. The fourth-order valence-electron chi connectivity index (χ4n) is 2.39. The topological polar surface area (TPSA) is 90.4 Å². The van der Waals surface area contributed by atoms with Crippen LogP contribution in [0.3, 0.4) is 0 Å². The molecule has 0 aliphatic carbocycles. The molecule has 2 atom stereocenters. The summed E-state index contributed by atoms with van der Waals surface area (Å²) in [4.78, 5) is 14.5.